The molecule has 0 unspecified atom stereocenters. The second-order valence-electron chi connectivity index (χ2n) is 15.3. The topological polar surface area (TPSA) is 18.5 Å². The van der Waals surface area contributed by atoms with E-state index >= 15 is 0 Å². The molecule has 0 amide bonds. The molecule has 0 fully saturated rings. The number of hydrogen-bond acceptors (Lipinski definition) is 3. The Kier molecular flexibility index (Phi) is 13.3. The van der Waals surface area contributed by atoms with Crippen LogP contribution in [-0.4, -0.2) is 33.5 Å². The van der Waals surface area contributed by atoms with Crippen LogP contribution in [0, 0.1) is 0 Å². The summed E-state index contributed by atoms with van der Waals surface area (Å²) in [6.07, 6.45) is 0. The zero-order valence-electron chi connectivity index (χ0n) is 32.6. The van der Waals surface area contributed by atoms with E-state index in [9.17, 15) is 0 Å². The van der Waals surface area contributed by atoms with E-state index in [1.165, 1.54) is 44.6 Å². The van der Waals surface area contributed by atoms with Gasteiger partial charge in [-0.2, -0.15) is 0 Å². The Morgan fingerprint density at radius 2 is 0.667 bits per heavy atom. The molecule has 1 N–H and O–H groups in total. The second-order valence-corrected chi connectivity index (χ2v) is 17.0. The predicted octanol–water partition coefficient (Wildman–Crippen LogP) is 13.0. The quantitative estimate of drug-likeness (QED) is 0.0868. The van der Waals surface area contributed by atoms with Gasteiger partial charge in [0.15, 0.2) is 0 Å². The first-order valence-electron chi connectivity index (χ1n) is 19.0. The van der Waals surface area contributed by atoms with E-state index in [-0.39, 0.29) is 11.8 Å². The van der Waals surface area contributed by atoms with E-state index in [0.29, 0.717) is 30.1 Å². The molecule has 0 saturated carbocycles. The van der Waals surface area contributed by atoms with Gasteiger partial charge in [0.25, 0.3) is 0 Å². The van der Waals surface area contributed by atoms with Crippen LogP contribution in [0.2, 0.25) is 0 Å². The Bertz CT molecular complexity index is 1550. The van der Waals surface area contributed by atoms with E-state index in [0.717, 1.165) is 0 Å². The maximum absolute atomic E-state index is 4.46. The Labute approximate surface area is 311 Å². The third-order valence-corrected chi connectivity index (χ3v) is 13.0. The van der Waals surface area contributed by atoms with Gasteiger partial charge in [0, 0.05) is 41.7 Å². The van der Waals surface area contributed by atoms with Crippen molar-refractivity contribution in [3.8, 4) is 0 Å². The molecular formula is C47H60N3P. The molecule has 0 bridgehead atoms. The van der Waals surface area contributed by atoms with Crippen molar-refractivity contribution < 1.29 is 0 Å². The van der Waals surface area contributed by atoms with Crippen LogP contribution in [0.25, 0.3) is 0 Å². The summed E-state index contributed by atoms with van der Waals surface area (Å²) in [4.78, 5) is 0. The largest absolute Gasteiger partial charge is 0.339 e. The van der Waals surface area contributed by atoms with Gasteiger partial charge in [0.05, 0.1) is 0 Å². The molecule has 268 valence electrons. The van der Waals surface area contributed by atoms with E-state index in [1.807, 2.05) is 0 Å². The lowest BCUT2D eigenvalue weighted by Gasteiger charge is -2.47. The summed E-state index contributed by atoms with van der Waals surface area (Å²) in [6.45, 7) is 23.5. The first kappa shape index (κ1) is 38.5. The van der Waals surface area contributed by atoms with Gasteiger partial charge in [-0.1, -0.05) is 147 Å². The molecule has 5 rings (SSSR count). The van der Waals surface area contributed by atoms with Crippen molar-refractivity contribution in [2.75, 3.05) is 5.09 Å². The lowest BCUT2D eigenvalue weighted by Crippen LogP contribution is -2.44. The van der Waals surface area contributed by atoms with Gasteiger partial charge < -0.3 is 5.09 Å². The predicted molar refractivity (Wildman–Crippen MR) is 223 cm³/mol. The van der Waals surface area contributed by atoms with E-state index in [2.05, 4.69) is 217 Å². The number of nitrogens with one attached hydrogen (secondary N) is 1. The van der Waals surface area contributed by atoms with Crippen LogP contribution in [0.15, 0.2) is 133 Å². The maximum atomic E-state index is 4.46. The highest BCUT2D eigenvalue weighted by atomic mass is 31.1. The molecule has 5 aromatic rings. The van der Waals surface area contributed by atoms with Crippen molar-refractivity contribution in [1.82, 2.24) is 9.34 Å². The molecule has 0 aromatic heterocycles. The summed E-state index contributed by atoms with van der Waals surface area (Å²) in [7, 11) is -0.987. The van der Waals surface area contributed by atoms with Crippen LogP contribution in [0.4, 0.5) is 5.69 Å². The van der Waals surface area contributed by atoms with Gasteiger partial charge >= 0.3 is 0 Å². The molecular weight excluding hydrogens is 638 g/mol. The van der Waals surface area contributed by atoms with Gasteiger partial charge in [-0.25, -0.2) is 9.34 Å². The fourth-order valence-electron chi connectivity index (χ4n) is 7.72. The van der Waals surface area contributed by atoms with Crippen molar-refractivity contribution in [1.29, 1.82) is 0 Å². The fourth-order valence-corrected chi connectivity index (χ4v) is 10.4. The molecule has 0 aliphatic heterocycles. The number of nitrogens with zero attached hydrogens (tertiary/aromatic N) is 2. The zero-order valence-corrected chi connectivity index (χ0v) is 33.5. The van der Waals surface area contributed by atoms with Gasteiger partial charge in [-0.15, -0.1) is 0 Å². The summed E-state index contributed by atoms with van der Waals surface area (Å²) in [5.41, 5.74) is 10.5. The molecule has 3 nitrogen and oxygen atoms in total. The molecule has 4 heteroatoms. The van der Waals surface area contributed by atoms with Gasteiger partial charge in [-0.3, -0.25) is 0 Å². The normalized spacial score (nSPS) is 12.3. The van der Waals surface area contributed by atoms with Crippen molar-refractivity contribution in [2.45, 2.75) is 111 Å². The lowest BCUT2D eigenvalue weighted by atomic mass is 9.77. The second kappa shape index (κ2) is 17.6. The highest BCUT2D eigenvalue weighted by molar-refractivity contribution is 7.54. The molecule has 5 aromatic carbocycles. The monoisotopic (exact) mass is 697 g/mol. The first-order valence-corrected chi connectivity index (χ1v) is 20.2. The minimum Gasteiger partial charge on any atom is -0.339 e. The van der Waals surface area contributed by atoms with Crippen LogP contribution in [0.3, 0.4) is 0 Å². The molecule has 0 radical (unpaired) electrons. The lowest BCUT2D eigenvalue weighted by molar-refractivity contribution is 0.258. The van der Waals surface area contributed by atoms with Crippen molar-refractivity contribution in [2.24, 2.45) is 0 Å². The Hall–Kier alpha value is -3.75. The molecule has 0 atom stereocenters. The van der Waals surface area contributed by atoms with Crippen molar-refractivity contribution in [3.63, 3.8) is 0 Å². The summed E-state index contributed by atoms with van der Waals surface area (Å²) < 4.78 is 5.44. The highest BCUT2D eigenvalue weighted by Crippen LogP contribution is 2.54. The average Bonchev–Trinajstić information content (AvgIpc) is 3.10. The Morgan fingerprint density at radius 1 is 0.392 bits per heavy atom. The zero-order chi connectivity index (χ0) is 36.7. The van der Waals surface area contributed by atoms with E-state index in [1.54, 1.807) is 0 Å². The number of anilines is 1. The molecule has 51 heavy (non-hydrogen) atoms. The third kappa shape index (κ3) is 9.01. The van der Waals surface area contributed by atoms with Crippen LogP contribution in [0.1, 0.15) is 126 Å². The minimum absolute atomic E-state index is 0.0366. The summed E-state index contributed by atoms with van der Waals surface area (Å²) >= 11 is 0. The highest BCUT2D eigenvalue weighted by Gasteiger charge is 2.36. The van der Waals surface area contributed by atoms with E-state index < -0.39 is 8.37 Å². The van der Waals surface area contributed by atoms with Gasteiger partial charge in [0.1, 0.15) is 8.37 Å². The van der Waals surface area contributed by atoms with Crippen LogP contribution in [-0.2, 0) is 0 Å². The maximum Gasteiger partial charge on any atom is 0.147 e. The first-order chi connectivity index (χ1) is 24.5. The van der Waals surface area contributed by atoms with E-state index in [4.69, 9.17) is 0 Å². The molecule has 0 spiro atoms. The summed E-state index contributed by atoms with van der Waals surface area (Å²) in [5.74, 6) is 0.423. The molecule has 0 aliphatic rings. The van der Waals surface area contributed by atoms with Gasteiger partial charge in [-0.05, 0) is 100 Å². The standard InChI is InChI=1S/C47H60N3P/c1-33(2)42-31-43(45(38-23-15-11-16-24-38)39-25-17-12-18-26-39)47(48-51(49(34(3)4)35(5)6)50(36(7)8)37(9)10)44(32-42)46(40-27-19-13-20-28-40)41-29-21-14-22-30-41/h11-37,45-46,48H,1-10H3. The SMILES string of the molecule is CC(C)c1cc(C(c2ccccc2)c2ccccc2)c(NP(N(C(C)C)C(C)C)N(C(C)C)C(C)C)c(C(c2ccccc2)c2ccccc2)c1. The molecule has 0 heterocycles. The smallest absolute Gasteiger partial charge is 0.147 e. The number of hydrogen-bond donors (Lipinski definition) is 1. The Morgan fingerprint density at radius 3 is 0.902 bits per heavy atom. The van der Waals surface area contributed by atoms with Crippen LogP contribution in [0.5, 0.6) is 0 Å². The fraction of sp³-hybridized carbons (Fsp3) is 0.362. The van der Waals surface area contributed by atoms with Crippen LogP contribution >= 0.6 is 8.37 Å². The van der Waals surface area contributed by atoms with Crippen molar-refractivity contribution in [3.05, 3.63) is 172 Å². The number of benzene rings is 5. The van der Waals surface area contributed by atoms with Crippen molar-refractivity contribution >= 4 is 14.1 Å². The Balaban J connectivity index is 1.95. The summed E-state index contributed by atoms with van der Waals surface area (Å²) in [6, 6.07) is 50.9. The number of rotatable bonds is 15. The average molecular weight is 698 g/mol. The third-order valence-electron chi connectivity index (χ3n) is 9.81. The minimum atomic E-state index is -0.987. The molecule has 0 aliphatic carbocycles. The van der Waals surface area contributed by atoms with Crippen LogP contribution < -0.4 is 5.09 Å². The van der Waals surface area contributed by atoms with Gasteiger partial charge in [0.2, 0.25) is 0 Å². The summed E-state index contributed by atoms with van der Waals surface area (Å²) in [5, 5.41) is 4.46. The molecule has 0 saturated heterocycles.